The van der Waals surface area contributed by atoms with Crippen molar-refractivity contribution in [1.82, 2.24) is 14.8 Å². The zero-order valence-electron chi connectivity index (χ0n) is 19.5. The Labute approximate surface area is 207 Å². The van der Waals surface area contributed by atoms with E-state index in [1.54, 1.807) is 25.6 Å². The molecule has 0 bridgehead atoms. The number of carbonyl (C=O) groups is 1. The highest BCUT2D eigenvalue weighted by molar-refractivity contribution is 7.99. The molecule has 0 atom stereocenters. The van der Waals surface area contributed by atoms with Crippen LogP contribution in [0.4, 0.5) is 5.00 Å². The molecule has 4 rings (SSSR count). The van der Waals surface area contributed by atoms with Gasteiger partial charge in [-0.05, 0) is 56.4 Å². The average Bonchev–Trinajstić information content (AvgIpc) is 3.33. The van der Waals surface area contributed by atoms with Crippen LogP contribution in [-0.2, 0) is 24.2 Å². The van der Waals surface area contributed by atoms with Crippen molar-refractivity contribution in [3.63, 3.8) is 0 Å². The van der Waals surface area contributed by atoms with Gasteiger partial charge in [0.1, 0.15) is 11.1 Å². The van der Waals surface area contributed by atoms with Crippen molar-refractivity contribution in [3.8, 4) is 29.0 Å². The molecular weight excluding hydrogens is 470 g/mol. The highest BCUT2D eigenvalue weighted by Gasteiger charge is 2.22. The predicted molar refractivity (Wildman–Crippen MR) is 134 cm³/mol. The van der Waals surface area contributed by atoms with Gasteiger partial charge >= 0.3 is 0 Å². The summed E-state index contributed by atoms with van der Waals surface area (Å²) in [6.07, 6.45) is 5.32. The van der Waals surface area contributed by atoms with Gasteiger partial charge in [0.25, 0.3) is 0 Å². The number of thiophene rings is 1. The van der Waals surface area contributed by atoms with E-state index in [0.29, 0.717) is 39.6 Å². The van der Waals surface area contributed by atoms with Crippen molar-refractivity contribution in [1.29, 1.82) is 5.26 Å². The number of benzene rings is 1. The van der Waals surface area contributed by atoms with Crippen LogP contribution >= 0.6 is 23.1 Å². The van der Waals surface area contributed by atoms with Crippen LogP contribution in [0.2, 0.25) is 0 Å². The van der Waals surface area contributed by atoms with Gasteiger partial charge in [-0.1, -0.05) is 18.2 Å². The number of hydrogen-bond donors (Lipinski definition) is 1. The smallest absolute Gasteiger partial charge is 0.235 e. The van der Waals surface area contributed by atoms with E-state index in [0.717, 1.165) is 36.8 Å². The SMILES string of the molecule is CCn1c(SCC(=O)Nc2sc3c(c2C#N)CCCCC3)nnc1-c1ccc(OC)c(OC)c1. The number of aromatic nitrogens is 3. The number of aryl methyl sites for hydroxylation is 1. The fraction of sp³-hybridized carbons (Fsp3) is 0.417. The molecule has 0 fully saturated rings. The van der Waals surface area contributed by atoms with Crippen molar-refractivity contribution < 1.29 is 14.3 Å². The maximum absolute atomic E-state index is 12.7. The molecule has 34 heavy (non-hydrogen) atoms. The first-order chi connectivity index (χ1) is 16.6. The van der Waals surface area contributed by atoms with Gasteiger partial charge < -0.3 is 19.4 Å². The van der Waals surface area contributed by atoms with Gasteiger partial charge in [0.05, 0.1) is 25.5 Å². The summed E-state index contributed by atoms with van der Waals surface area (Å²) in [4.78, 5) is 14.0. The molecule has 1 aliphatic carbocycles. The Morgan fingerprint density at radius 3 is 2.74 bits per heavy atom. The summed E-state index contributed by atoms with van der Waals surface area (Å²) in [5.41, 5.74) is 2.60. The molecule has 8 nitrogen and oxygen atoms in total. The van der Waals surface area contributed by atoms with Gasteiger partial charge in [0.2, 0.25) is 5.91 Å². The molecule has 178 valence electrons. The number of ether oxygens (including phenoxy) is 2. The fourth-order valence-corrected chi connectivity index (χ4v) is 6.17. The molecule has 1 aromatic carbocycles. The Bertz CT molecular complexity index is 1230. The minimum atomic E-state index is -0.156. The number of methoxy groups -OCH3 is 2. The van der Waals surface area contributed by atoms with Gasteiger partial charge in [-0.2, -0.15) is 5.26 Å². The lowest BCUT2D eigenvalue weighted by atomic mass is 10.1. The van der Waals surface area contributed by atoms with Crippen LogP contribution in [0.1, 0.15) is 42.2 Å². The average molecular weight is 498 g/mol. The van der Waals surface area contributed by atoms with Crippen LogP contribution in [0.3, 0.4) is 0 Å². The van der Waals surface area contributed by atoms with Crippen LogP contribution in [-0.4, -0.2) is 40.6 Å². The van der Waals surface area contributed by atoms with E-state index >= 15 is 0 Å². The number of amides is 1. The van der Waals surface area contributed by atoms with Crippen molar-refractivity contribution in [2.45, 2.75) is 50.7 Å². The lowest BCUT2D eigenvalue weighted by Crippen LogP contribution is -2.14. The number of rotatable bonds is 8. The Kier molecular flexibility index (Phi) is 7.75. The first-order valence-corrected chi connectivity index (χ1v) is 13.0. The molecule has 0 unspecified atom stereocenters. The van der Waals surface area contributed by atoms with Crippen LogP contribution < -0.4 is 14.8 Å². The summed E-state index contributed by atoms with van der Waals surface area (Å²) in [5, 5.41) is 22.6. The normalized spacial score (nSPS) is 13.0. The molecule has 0 saturated carbocycles. The highest BCUT2D eigenvalue weighted by Crippen LogP contribution is 2.37. The van der Waals surface area contributed by atoms with Gasteiger partial charge in [-0.15, -0.1) is 21.5 Å². The van der Waals surface area contributed by atoms with Crippen molar-refractivity contribution in [2.24, 2.45) is 0 Å². The van der Waals surface area contributed by atoms with Crippen molar-refractivity contribution in [2.75, 3.05) is 25.3 Å². The summed E-state index contributed by atoms with van der Waals surface area (Å²) in [6.45, 7) is 2.66. The number of anilines is 1. The molecule has 0 aliphatic heterocycles. The van der Waals surface area contributed by atoms with Gasteiger partial charge in [0.15, 0.2) is 22.5 Å². The first kappa shape index (κ1) is 24.1. The van der Waals surface area contributed by atoms with Crippen molar-refractivity contribution in [3.05, 3.63) is 34.2 Å². The topological polar surface area (TPSA) is 102 Å². The third kappa shape index (κ3) is 4.91. The molecule has 2 heterocycles. The minimum Gasteiger partial charge on any atom is -0.493 e. The second-order valence-corrected chi connectivity index (χ2v) is 9.89. The second-order valence-electron chi connectivity index (χ2n) is 7.84. The maximum atomic E-state index is 12.7. The van der Waals surface area contributed by atoms with E-state index in [1.807, 2.05) is 29.7 Å². The van der Waals surface area contributed by atoms with Gasteiger partial charge in [-0.25, -0.2) is 0 Å². The molecule has 0 saturated heterocycles. The standard InChI is InChI=1S/C24H27N5O3S2/c1-4-29-22(15-10-11-18(31-2)19(12-15)32-3)27-28-24(29)33-14-21(30)26-23-17(13-25)16-8-6-5-7-9-20(16)34-23/h10-12H,4-9,14H2,1-3H3,(H,26,30). The molecule has 1 N–H and O–H groups in total. The monoisotopic (exact) mass is 497 g/mol. The number of hydrogen-bond acceptors (Lipinski definition) is 8. The molecule has 0 spiro atoms. The van der Waals surface area contributed by atoms with Crippen molar-refractivity contribution >= 4 is 34.0 Å². The van der Waals surface area contributed by atoms with Gasteiger partial charge in [-0.3, -0.25) is 4.79 Å². The van der Waals surface area contributed by atoms with E-state index in [-0.39, 0.29) is 11.7 Å². The minimum absolute atomic E-state index is 0.156. The number of nitrogens with zero attached hydrogens (tertiary/aromatic N) is 4. The summed E-state index contributed by atoms with van der Waals surface area (Å²) >= 11 is 2.87. The second kappa shape index (κ2) is 10.9. The lowest BCUT2D eigenvalue weighted by Gasteiger charge is -2.11. The summed E-state index contributed by atoms with van der Waals surface area (Å²) < 4.78 is 12.7. The van der Waals surface area contributed by atoms with Crippen LogP contribution in [0.5, 0.6) is 11.5 Å². The van der Waals surface area contributed by atoms with E-state index in [2.05, 4.69) is 21.6 Å². The Morgan fingerprint density at radius 2 is 2.00 bits per heavy atom. The number of fused-ring (bicyclic) bond motifs is 1. The third-order valence-electron chi connectivity index (χ3n) is 5.79. The number of carbonyl (C=O) groups excluding carboxylic acids is 1. The highest BCUT2D eigenvalue weighted by atomic mass is 32.2. The first-order valence-electron chi connectivity index (χ1n) is 11.2. The van der Waals surface area contributed by atoms with E-state index in [1.165, 1.54) is 23.1 Å². The van der Waals surface area contributed by atoms with E-state index in [4.69, 9.17) is 9.47 Å². The molecule has 1 aliphatic rings. The van der Waals surface area contributed by atoms with Crippen LogP contribution in [0.15, 0.2) is 23.4 Å². The zero-order chi connectivity index (χ0) is 24.1. The molecule has 1 amide bonds. The molecule has 0 radical (unpaired) electrons. The van der Waals surface area contributed by atoms with E-state index < -0.39 is 0 Å². The zero-order valence-corrected chi connectivity index (χ0v) is 21.1. The number of thioether (sulfide) groups is 1. The molecule has 3 aromatic rings. The number of nitriles is 1. The van der Waals surface area contributed by atoms with E-state index in [9.17, 15) is 10.1 Å². The molecular formula is C24H27N5O3S2. The summed E-state index contributed by atoms with van der Waals surface area (Å²) in [6, 6.07) is 7.91. The largest absolute Gasteiger partial charge is 0.493 e. The predicted octanol–water partition coefficient (Wildman–Crippen LogP) is 4.92. The Hall–Kier alpha value is -3.03. The summed E-state index contributed by atoms with van der Waals surface area (Å²) in [5.74, 6) is 1.97. The van der Waals surface area contributed by atoms with Crippen LogP contribution in [0.25, 0.3) is 11.4 Å². The maximum Gasteiger partial charge on any atom is 0.235 e. The van der Waals surface area contributed by atoms with Gasteiger partial charge in [0, 0.05) is 17.0 Å². The fourth-order valence-electron chi connectivity index (χ4n) is 4.11. The lowest BCUT2D eigenvalue weighted by molar-refractivity contribution is -0.113. The molecule has 2 aromatic heterocycles. The quantitative estimate of drug-likeness (QED) is 0.348. The van der Waals surface area contributed by atoms with Crippen LogP contribution in [0, 0.1) is 11.3 Å². The Morgan fingerprint density at radius 1 is 1.21 bits per heavy atom. The number of nitrogens with one attached hydrogen (secondary N) is 1. The summed E-state index contributed by atoms with van der Waals surface area (Å²) in [7, 11) is 3.19. The third-order valence-corrected chi connectivity index (χ3v) is 7.97. The molecule has 10 heteroatoms. The Balaban J connectivity index is 1.47.